The van der Waals surface area contributed by atoms with E-state index in [1.165, 1.54) is 6.92 Å². The van der Waals surface area contributed by atoms with Gasteiger partial charge in [0.2, 0.25) is 23.6 Å². The van der Waals surface area contributed by atoms with E-state index in [2.05, 4.69) is 21.3 Å². The normalized spacial score (nSPS) is 19.1. The van der Waals surface area contributed by atoms with Gasteiger partial charge < -0.3 is 32.1 Å². The number of amides is 4. The number of nitrogens with two attached hydrogens (primary N) is 1. The number of carboxylic acids is 1. The predicted octanol–water partition coefficient (Wildman–Crippen LogP) is -1.78. The highest BCUT2D eigenvalue weighted by atomic mass is 16.4. The third-order valence-electron chi connectivity index (χ3n) is 4.48. The van der Waals surface area contributed by atoms with Crippen LogP contribution in [0.25, 0.3) is 0 Å². The largest absolute Gasteiger partial charge is 0.480 e. The second kappa shape index (κ2) is 11.3. The Bertz CT molecular complexity index is 632. The minimum Gasteiger partial charge on any atom is -0.480 e. The fourth-order valence-corrected chi connectivity index (χ4v) is 2.94. The average Bonchev–Trinajstić information content (AvgIpc) is 3.14. The van der Waals surface area contributed by atoms with Crippen LogP contribution in [0, 0.1) is 5.92 Å². The van der Waals surface area contributed by atoms with Crippen LogP contribution in [0.5, 0.6) is 0 Å². The molecule has 0 spiro atoms. The first kappa shape index (κ1) is 24.3. The zero-order valence-electron chi connectivity index (χ0n) is 17.0. The van der Waals surface area contributed by atoms with Crippen LogP contribution in [0.2, 0.25) is 0 Å². The third-order valence-corrected chi connectivity index (χ3v) is 4.48. The van der Waals surface area contributed by atoms with Crippen molar-refractivity contribution in [3.8, 4) is 0 Å². The lowest BCUT2D eigenvalue weighted by atomic mass is 10.0. The predicted molar refractivity (Wildman–Crippen MR) is 103 cm³/mol. The smallest absolute Gasteiger partial charge is 0.325 e. The van der Waals surface area contributed by atoms with Crippen LogP contribution in [-0.2, 0) is 24.0 Å². The van der Waals surface area contributed by atoms with E-state index in [0.717, 1.165) is 13.0 Å². The Kier molecular flexibility index (Phi) is 9.53. The lowest BCUT2D eigenvalue weighted by Crippen LogP contribution is -2.57. The molecule has 1 rings (SSSR count). The molecular formula is C18H31N5O6. The van der Waals surface area contributed by atoms with Crippen molar-refractivity contribution in [3.63, 3.8) is 0 Å². The standard InChI is InChI=1S/C18H31N5O6/c1-9(2)7-12(22-15(25)11-5-4-6-20-11)17(27)23-13(8-14(19)24)16(26)21-10(3)18(28)29/h9-13,20H,4-8H2,1-3H3,(H2,19,24)(H,21,26)(H,22,25)(H,23,27)(H,28,29). The minimum absolute atomic E-state index is 0.0676. The van der Waals surface area contributed by atoms with Crippen molar-refractivity contribution in [3.05, 3.63) is 0 Å². The summed E-state index contributed by atoms with van der Waals surface area (Å²) in [6, 6.07) is -3.85. The summed E-state index contributed by atoms with van der Waals surface area (Å²) >= 11 is 0. The quantitative estimate of drug-likeness (QED) is 0.231. The van der Waals surface area contributed by atoms with Crippen LogP contribution >= 0.6 is 0 Å². The van der Waals surface area contributed by atoms with Gasteiger partial charge >= 0.3 is 5.97 Å². The molecule has 1 saturated heterocycles. The van der Waals surface area contributed by atoms with E-state index in [-0.39, 0.29) is 17.9 Å². The summed E-state index contributed by atoms with van der Waals surface area (Å²) in [4.78, 5) is 59.7. The van der Waals surface area contributed by atoms with Gasteiger partial charge in [0, 0.05) is 0 Å². The molecule has 4 amide bonds. The van der Waals surface area contributed by atoms with Crippen LogP contribution in [0.15, 0.2) is 0 Å². The molecule has 11 heteroatoms. The van der Waals surface area contributed by atoms with Crippen molar-refractivity contribution in [2.45, 2.75) is 70.6 Å². The second-order valence-electron chi connectivity index (χ2n) is 7.64. The Balaban J connectivity index is 2.86. The molecule has 1 aliphatic heterocycles. The van der Waals surface area contributed by atoms with Gasteiger partial charge in [-0.1, -0.05) is 13.8 Å². The number of carbonyl (C=O) groups excluding carboxylic acids is 4. The van der Waals surface area contributed by atoms with Gasteiger partial charge in [0.25, 0.3) is 0 Å². The Hall–Kier alpha value is -2.69. The van der Waals surface area contributed by atoms with E-state index in [0.29, 0.717) is 12.8 Å². The lowest BCUT2D eigenvalue weighted by Gasteiger charge is -2.25. The Morgan fingerprint density at radius 2 is 1.66 bits per heavy atom. The SMILES string of the molecule is CC(C)CC(NC(=O)C1CCCN1)C(=O)NC(CC(N)=O)C(=O)NC(C)C(=O)O. The molecule has 11 nitrogen and oxygen atoms in total. The number of primary amides is 1. The van der Waals surface area contributed by atoms with Crippen LogP contribution in [0.3, 0.4) is 0 Å². The van der Waals surface area contributed by atoms with Crippen molar-refractivity contribution >= 4 is 29.6 Å². The molecule has 4 unspecified atom stereocenters. The molecule has 0 radical (unpaired) electrons. The van der Waals surface area contributed by atoms with Gasteiger partial charge in [0.1, 0.15) is 18.1 Å². The van der Waals surface area contributed by atoms with Crippen LogP contribution in [0.1, 0.15) is 46.5 Å². The minimum atomic E-state index is -1.35. The first-order chi connectivity index (χ1) is 13.5. The summed E-state index contributed by atoms with van der Waals surface area (Å²) in [6.45, 7) is 5.73. The molecule has 0 aromatic carbocycles. The summed E-state index contributed by atoms with van der Waals surface area (Å²) in [5.74, 6) is -3.84. The molecule has 1 aliphatic rings. The number of rotatable bonds is 11. The number of hydrogen-bond donors (Lipinski definition) is 6. The van der Waals surface area contributed by atoms with Crippen molar-refractivity contribution in [2.24, 2.45) is 11.7 Å². The molecule has 1 heterocycles. The Morgan fingerprint density at radius 1 is 1.03 bits per heavy atom. The van der Waals surface area contributed by atoms with Crippen molar-refractivity contribution in [1.29, 1.82) is 0 Å². The van der Waals surface area contributed by atoms with E-state index >= 15 is 0 Å². The number of aliphatic carboxylic acids is 1. The highest BCUT2D eigenvalue weighted by Gasteiger charge is 2.31. The van der Waals surface area contributed by atoms with Gasteiger partial charge in [-0.3, -0.25) is 24.0 Å². The van der Waals surface area contributed by atoms with Gasteiger partial charge in [-0.2, -0.15) is 0 Å². The molecule has 164 valence electrons. The maximum absolute atomic E-state index is 12.8. The van der Waals surface area contributed by atoms with Crippen molar-refractivity contribution in [1.82, 2.24) is 21.3 Å². The summed E-state index contributed by atoms with van der Waals surface area (Å²) < 4.78 is 0. The van der Waals surface area contributed by atoms with Gasteiger partial charge in [-0.25, -0.2) is 0 Å². The highest BCUT2D eigenvalue weighted by molar-refractivity contribution is 5.96. The fourth-order valence-electron chi connectivity index (χ4n) is 2.94. The Morgan fingerprint density at radius 3 is 2.14 bits per heavy atom. The highest BCUT2D eigenvalue weighted by Crippen LogP contribution is 2.09. The summed E-state index contributed by atoms with van der Waals surface area (Å²) in [5.41, 5.74) is 5.15. The maximum atomic E-state index is 12.8. The van der Waals surface area contributed by atoms with E-state index in [4.69, 9.17) is 10.8 Å². The van der Waals surface area contributed by atoms with E-state index in [1.54, 1.807) is 0 Å². The molecular weight excluding hydrogens is 382 g/mol. The van der Waals surface area contributed by atoms with Crippen LogP contribution in [0.4, 0.5) is 0 Å². The molecule has 7 N–H and O–H groups in total. The fraction of sp³-hybridized carbons (Fsp3) is 0.722. The van der Waals surface area contributed by atoms with Crippen molar-refractivity contribution in [2.75, 3.05) is 6.54 Å². The van der Waals surface area contributed by atoms with Crippen LogP contribution in [-0.4, -0.2) is 65.4 Å². The Labute approximate surface area is 169 Å². The molecule has 0 bridgehead atoms. The average molecular weight is 413 g/mol. The molecule has 0 saturated carbocycles. The van der Waals surface area contributed by atoms with Gasteiger partial charge in [-0.05, 0) is 38.6 Å². The van der Waals surface area contributed by atoms with Crippen molar-refractivity contribution < 1.29 is 29.1 Å². The number of hydrogen-bond acceptors (Lipinski definition) is 6. The van der Waals surface area contributed by atoms with E-state index < -0.39 is 48.2 Å². The summed E-state index contributed by atoms with van der Waals surface area (Å²) in [5, 5.41) is 19.3. The van der Waals surface area contributed by atoms with E-state index in [1.807, 2.05) is 13.8 Å². The molecule has 4 atom stereocenters. The maximum Gasteiger partial charge on any atom is 0.325 e. The monoisotopic (exact) mass is 413 g/mol. The van der Waals surface area contributed by atoms with E-state index in [9.17, 15) is 24.0 Å². The molecule has 29 heavy (non-hydrogen) atoms. The molecule has 0 aliphatic carbocycles. The van der Waals surface area contributed by atoms with Gasteiger partial charge in [0.15, 0.2) is 0 Å². The number of carbonyl (C=O) groups is 5. The summed E-state index contributed by atoms with van der Waals surface area (Å²) in [7, 11) is 0. The molecule has 0 aromatic rings. The number of carboxylic acid groups (broad SMARTS) is 1. The first-order valence-corrected chi connectivity index (χ1v) is 9.66. The van der Waals surface area contributed by atoms with Gasteiger partial charge in [-0.15, -0.1) is 0 Å². The molecule has 0 aromatic heterocycles. The zero-order valence-corrected chi connectivity index (χ0v) is 17.0. The summed E-state index contributed by atoms with van der Waals surface area (Å²) in [6.07, 6.45) is 1.35. The second-order valence-corrected chi connectivity index (χ2v) is 7.64. The first-order valence-electron chi connectivity index (χ1n) is 9.66. The zero-order chi connectivity index (χ0) is 22.1. The molecule has 1 fully saturated rings. The third kappa shape index (κ3) is 8.46. The van der Waals surface area contributed by atoms with Gasteiger partial charge in [0.05, 0.1) is 12.5 Å². The van der Waals surface area contributed by atoms with Crippen LogP contribution < -0.4 is 27.0 Å². The lowest BCUT2D eigenvalue weighted by molar-refractivity contribution is -0.142. The number of nitrogens with one attached hydrogen (secondary N) is 4. The topological polar surface area (TPSA) is 180 Å².